The van der Waals surface area contributed by atoms with Crippen molar-refractivity contribution in [3.8, 4) is 0 Å². The molecule has 0 unspecified atom stereocenters. The molecule has 2 aromatic carbocycles. The Kier molecular flexibility index (Phi) is 5.05. The van der Waals surface area contributed by atoms with Gasteiger partial charge in [0.25, 0.3) is 5.91 Å². The number of amides is 3. The molecular weight excluding hydrogens is 364 g/mol. The third kappa shape index (κ3) is 3.37. The number of carbonyl (C=O) groups excluding carboxylic acids is 3. The number of hydrogen-bond acceptors (Lipinski definition) is 3. The van der Waals surface area contributed by atoms with Crippen LogP contribution in [0.5, 0.6) is 0 Å². The molecule has 0 spiro atoms. The summed E-state index contributed by atoms with van der Waals surface area (Å²) < 4.78 is 0. The van der Waals surface area contributed by atoms with Gasteiger partial charge in [-0.1, -0.05) is 50.3 Å². The van der Waals surface area contributed by atoms with Crippen LogP contribution in [0.2, 0.25) is 0 Å². The van der Waals surface area contributed by atoms with E-state index < -0.39 is 0 Å². The zero-order chi connectivity index (χ0) is 20.5. The van der Waals surface area contributed by atoms with Crippen LogP contribution in [0.15, 0.2) is 60.7 Å². The molecule has 1 N–H and O–H groups in total. The number of para-hydroxylation sites is 1. The Labute approximate surface area is 170 Å². The largest absolute Gasteiger partial charge is 0.322 e. The van der Waals surface area contributed by atoms with Gasteiger partial charge in [-0.15, -0.1) is 0 Å². The molecule has 5 nitrogen and oxygen atoms in total. The molecule has 0 saturated carbocycles. The SMILES string of the molecule is CCc1ccccc1NC(=O)c1cccc(N2C(=O)[C@H]3[C@@H](C)C=CC[C@H]3C2=O)c1. The second-order valence-electron chi connectivity index (χ2n) is 7.68. The maximum absolute atomic E-state index is 13.0. The number of allylic oxidation sites excluding steroid dienone is 2. The minimum absolute atomic E-state index is 0.0345. The highest BCUT2D eigenvalue weighted by Crippen LogP contribution is 2.40. The van der Waals surface area contributed by atoms with Gasteiger partial charge in [-0.05, 0) is 48.6 Å². The van der Waals surface area contributed by atoms with E-state index in [1.807, 2.05) is 50.3 Å². The van der Waals surface area contributed by atoms with E-state index >= 15 is 0 Å². The summed E-state index contributed by atoms with van der Waals surface area (Å²) >= 11 is 0. The molecule has 3 atom stereocenters. The van der Waals surface area contributed by atoms with Crippen LogP contribution in [0.3, 0.4) is 0 Å². The van der Waals surface area contributed by atoms with E-state index in [1.165, 1.54) is 4.90 Å². The van der Waals surface area contributed by atoms with Gasteiger partial charge in [0.1, 0.15) is 0 Å². The molecule has 0 bridgehead atoms. The number of aryl methyl sites for hydroxylation is 1. The van der Waals surface area contributed by atoms with E-state index in [0.717, 1.165) is 17.7 Å². The molecule has 1 fully saturated rings. The van der Waals surface area contributed by atoms with Crippen LogP contribution in [0, 0.1) is 17.8 Å². The summed E-state index contributed by atoms with van der Waals surface area (Å²) in [7, 11) is 0. The van der Waals surface area contributed by atoms with Crippen molar-refractivity contribution in [2.24, 2.45) is 17.8 Å². The van der Waals surface area contributed by atoms with E-state index in [4.69, 9.17) is 0 Å². The van der Waals surface area contributed by atoms with Crippen LogP contribution in [-0.4, -0.2) is 17.7 Å². The fraction of sp³-hybridized carbons (Fsp3) is 0.292. The normalized spacial score (nSPS) is 23.2. The zero-order valence-corrected chi connectivity index (χ0v) is 16.6. The number of anilines is 2. The van der Waals surface area contributed by atoms with E-state index in [1.54, 1.807) is 24.3 Å². The second kappa shape index (κ2) is 7.66. The van der Waals surface area contributed by atoms with Crippen LogP contribution in [0.25, 0.3) is 0 Å². The molecule has 4 rings (SSSR count). The van der Waals surface area contributed by atoms with E-state index in [0.29, 0.717) is 17.7 Å². The standard InChI is InChI=1S/C24H24N2O3/c1-3-16-9-4-5-13-20(16)25-22(27)17-10-7-11-18(14-17)26-23(28)19-12-6-8-15(2)21(19)24(26)29/h4-11,13-15,19,21H,3,12H2,1-2H3,(H,25,27)/t15-,19+,21-/m0/s1. The van der Waals surface area contributed by atoms with Gasteiger partial charge in [0.15, 0.2) is 0 Å². The summed E-state index contributed by atoms with van der Waals surface area (Å²) in [5, 5.41) is 2.94. The van der Waals surface area contributed by atoms with Crippen LogP contribution in [0.1, 0.15) is 36.2 Å². The third-order valence-corrected chi connectivity index (χ3v) is 5.89. The quantitative estimate of drug-likeness (QED) is 0.630. The molecule has 1 aliphatic carbocycles. The van der Waals surface area contributed by atoms with Gasteiger partial charge in [0.2, 0.25) is 11.8 Å². The van der Waals surface area contributed by atoms with Crippen LogP contribution in [-0.2, 0) is 16.0 Å². The van der Waals surface area contributed by atoms with Crippen molar-refractivity contribution in [1.29, 1.82) is 0 Å². The lowest BCUT2D eigenvalue weighted by atomic mass is 9.78. The Balaban J connectivity index is 1.60. The molecule has 148 valence electrons. The summed E-state index contributed by atoms with van der Waals surface area (Å²) in [6.07, 6.45) is 5.38. The number of hydrogen-bond donors (Lipinski definition) is 1. The van der Waals surface area contributed by atoms with Crippen molar-refractivity contribution in [2.45, 2.75) is 26.7 Å². The molecule has 1 heterocycles. The van der Waals surface area contributed by atoms with Crippen molar-refractivity contribution < 1.29 is 14.4 Å². The second-order valence-corrected chi connectivity index (χ2v) is 7.68. The van der Waals surface area contributed by atoms with Gasteiger partial charge in [0, 0.05) is 11.3 Å². The summed E-state index contributed by atoms with van der Waals surface area (Å²) in [5.41, 5.74) is 2.69. The first-order valence-corrected chi connectivity index (χ1v) is 10.0. The van der Waals surface area contributed by atoms with Crippen molar-refractivity contribution in [2.75, 3.05) is 10.2 Å². The molecule has 1 saturated heterocycles. The molecule has 1 aliphatic heterocycles. The van der Waals surface area contributed by atoms with Crippen LogP contribution in [0.4, 0.5) is 11.4 Å². The predicted molar refractivity (Wildman–Crippen MR) is 113 cm³/mol. The Morgan fingerprint density at radius 1 is 1.10 bits per heavy atom. The van der Waals surface area contributed by atoms with E-state index in [9.17, 15) is 14.4 Å². The first kappa shape index (κ1) is 19.1. The van der Waals surface area contributed by atoms with Crippen molar-refractivity contribution in [1.82, 2.24) is 0 Å². The molecule has 0 radical (unpaired) electrons. The van der Waals surface area contributed by atoms with Gasteiger partial charge in [-0.2, -0.15) is 0 Å². The highest BCUT2D eigenvalue weighted by atomic mass is 16.2. The molecule has 29 heavy (non-hydrogen) atoms. The minimum atomic E-state index is -0.318. The number of nitrogens with zero attached hydrogens (tertiary/aromatic N) is 1. The van der Waals surface area contributed by atoms with Gasteiger partial charge in [0.05, 0.1) is 17.5 Å². The number of fused-ring (bicyclic) bond motifs is 1. The Bertz CT molecular complexity index is 1010. The summed E-state index contributed by atoms with van der Waals surface area (Å²) in [4.78, 5) is 40.0. The maximum atomic E-state index is 13.0. The number of nitrogens with one attached hydrogen (secondary N) is 1. The van der Waals surface area contributed by atoms with Crippen molar-refractivity contribution in [3.63, 3.8) is 0 Å². The zero-order valence-electron chi connectivity index (χ0n) is 16.6. The molecular formula is C24H24N2O3. The summed E-state index contributed by atoms with van der Waals surface area (Å²) in [5.74, 6) is -1.21. The number of benzene rings is 2. The maximum Gasteiger partial charge on any atom is 0.255 e. The van der Waals surface area contributed by atoms with Crippen LogP contribution >= 0.6 is 0 Å². The van der Waals surface area contributed by atoms with E-state index in [2.05, 4.69) is 5.32 Å². The number of rotatable bonds is 4. The van der Waals surface area contributed by atoms with Gasteiger partial charge in [-0.25, -0.2) is 0 Å². The lowest BCUT2D eigenvalue weighted by Crippen LogP contribution is -2.31. The first-order chi connectivity index (χ1) is 14.0. The molecule has 3 amide bonds. The van der Waals surface area contributed by atoms with Gasteiger partial charge >= 0.3 is 0 Å². The third-order valence-electron chi connectivity index (χ3n) is 5.89. The molecule has 5 heteroatoms. The number of carbonyl (C=O) groups is 3. The predicted octanol–water partition coefficient (Wildman–Crippen LogP) is 4.20. The average molecular weight is 388 g/mol. The lowest BCUT2D eigenvalue weighted by Gasteiger charge is -2.22. The van der Waals surface area contributed by atoms with Gasteiger partial charge < -0.3 is 5.32 Å². The highest BCUT2D eigenvalue weighted by molar-refractivity contribution is 6.22. The van der Waals surface area contributed by atoms with Crippen molar-refractivity contribution in [3.05, 3.63) is 71.8 Å². The Morgan fingerprint density at radius 3 is 2.66 bits per heavy atom. The van der Waals surface area contributed by atoms with Gasteiger partial charge in [-0.3, -0.25) is 19.3 Å². The lowest BCUT2D eigenvalue weighted by molar-refractivity contribution is -0.122. The smallest absolute Gasteiger partial charge is 0.255 e. The Morgan fingerprint density at radius 2 is 1.90 bits per heavy atom. The highest BCUT2D eigenvalue weighted by Gasteiger charge is 2.50. The first-order valence-electron chi connectivity index (χ1n) is 10.0. The topological polar surface area (TPSA) is 66.5 Å². The number of imide groups is 1. The monoisotopic (exact) mass is 388 g/mol. The summed E-state index contributed by atoms with van der Waals surface area (Å²) in [6.45, 7) is 4.00. The fourth-order valence-corrected chi connectivity index (χ4v) is 4.33. The Hall–Kier alpha value is -3.21. The van der Waals surface area contributed by atoms with E-state index in [-0.39, 0.29) is 35.5 Å². The molecule has 0 aromatic heterocycles. The summed E-state index contributed by atoms with van der Waals surface area (Å²) in [6, 6.07) is 14.4. The minimum Gasteiger partial charge on any atom is -0.322 e. The molecule has 2 aliphatic rings. The van der Waals surface area contributed by atoms with Crippen LogP contribution < -0.4 is 10.2 Å². The average Bonchev–Trinajstić information content (AvgIpc) is 2.99. The fourth-order valence-electron chi connectivity index (χ4n) is 4.33. The van der Waals surface area contributed by atoms with Crippen molar-refractivity contribution >= 4 is 29.1 Å². The molecule has 2 aromatic rings.